The van der Waals surface area contributed by atoms with Crippen molar-refractivity contribution < 1.29 is 4.74 Å². The van der Waals surface area contributed by atoms with Crippen molar-refractivity contribution in [2.45, 2.75) is 26.7 Å². The van der Waals surface area contributed by atoms with Crippen LogP contribution in [0.5, 0.6) is 5.75 Å². The summed E-state index contributed by atoms with van der Waals surface area (Å²) in [7, 11) is 1.67. The lowest BCUT2D eigenvalue weighted by Crippen LogP contribution is -2.20. The maximum absolute atomic E-state index is 13.4. The highest BCUT2D eigenvalue weighted by atomic mass is 35.5. The van der Waals surface area contributed by atoms with E-state index in [2.05, 4.69) is 18.9 Å². The number of benzene rings is 3. The van der Waals surface area contributed by atoms with Gasteiger partial charge in [0.2, 0.25) is 0 Å². The maximum atomic E-state index is 13.4. The van der Waals surface area contributed by atoms with E-state index in [0.29, 0.717) is 21.7 Å². The summed E-state index contributed by atoms with van der Waals surface area (Å²) in [6, 6.07) is 18.6. The highest BCUT2D eigenvalue weighted by molar-refractivity contribution is 6.30. The van der Waals surface area contributed by atoms with E-state index in [9.17, 15) is 4.79 Å². The van der Waals surface area contributed by atoms with E-state index < -0.39 is 0 Å². The normalized spacial score (nSPS) is 11.6. The van der Waals surface area contributed by atoms with Gasteiger partial charge in [-0.1, -0.05) is 49.7 Å². The van der Waals surface area contributed by atoms with Crippen molar-refractivity contribution in [2.24, 2.45) is 5.10 Å². The Balaban J connectivity index is 2.00. The molecular formula is C26H24ClN3O2. The van der Waals surface area contributed by atoms with Crippen LogP contribution in [-0.4, -0.2) is 23.0 Å². The molecule has 0 aliphatic heterocycles. The molecule has 4 aromatic rings. The minimum absolute atomic E-state index is 0.231. The molecule has 0 atom stereocenters. The molecule has 0 amide bonds. The Hall–Kier alpha value is -3.44. The first-order chi connectivity index (χ1) is 15.4. The topological polar surface area (TPSA) is 56.5 Å². The van der Waals surface area contributed by atoms with Crippen molar-refractivity contribution in [1.82, 2.24) is 9.66 Å². The quantitative estimate of drug-likeness (QED) is 0.352. The third kappa shape index (κ3) is 4.16. The van der Waals surface area contributed by atoms with Crippen molar-refractivity contribution in [3.63, 3.8) is 0 Å². The molecule has 1 heterocycles. The predicted octanol–water partition coefficient (Wildman–Crippen LogP) is 6.04. The number of methoxy groups -OCH3 is 1. The maximum Gasteiger partial charge on any atom is 0.282 e. The Morgan fingerprint density at radius 1 is 1.09 bits per heavy atom. The average Bonchev–Trinajstić information content (AvgIpc) is 2.78. The molecule has 3 aromatic carbocycles. The van der Waals surface area contributed by atoms with Crippen LogP contribution in [-0.2, 0) is 0 Å². The molecule has 0 aliphatic rings. The summed E-state index contributed by atoms with van der Waals surface area (Å²) < 4.78 is 6.95. The lowest BCUT2D eigenvalue weighted by Gasteiger charge is -2.17. The van der Waals surface area contributed by atoms with Crippen molar-refractivity contribution >= 4 is 28.7 Å². The number of aromatic nitrogens is 2. The molecule has 0 radical (unpaired) electrons. The smallest absolute Gasteiger partial charge is 0.282 e. The van der Waals surface area contributed by atoms with Gasteiger partial charge >= 0.3 is 0 Å². The monoisotopic (exact) mass is 445 g/mol. The average molecular weight is 446 g/mol. The summed E-state index contributed by atoms with van der Waals surface area (Å²) in [5.41, 5.74) is 4.01. The highest BCUT2D eigenvalue weighted by Gasteiger charge is 2.18. The molecule has 0 spiro atoms. The number of para-hydroxylation sites is 1. The first kappa shape index (κ1) is 21.8. The number of halogens is 1. The van der Waals surface area contributed by atoms with Gasteiger partial charge in [-0.3, -0.25) is 4.79 Å². The summed E-state index contributed by atoms with van der Waals surface area (Å²) in [4.78, 5) is 18.3. The molecule has 162 valence electrons. The van der Waals surface area contributed by atoms with Crippen LogP contribution in [0.1, 0.15) is 36.5 Å². The summed E-state index contributed by atoms with van der Waals surface area (Å²) in [6.45, 7) is 6.19. The molecule has 0 saturated carbocycles. The van der Waals surface area contributed by atoms with Gasteiger partial charge in [0, 0.05) is 10.6 Å². The SMILES string of the molecule is COc1cc(C)c(-c2nc3ccccc3c(=O)n2N=Cc2cccc(Cl)c2)cc1C(C)C. The van der Waals surface area contributed by atoms with E-state index in [0.717, 1.165) is 28.0 Å². The Morgan fingerprint density at radius 2 is 1.88 bits per heavy atom. The Morgan fingerprint density at radius 3 is 2.59 bits per heavy atom. The lowest BCUT2D eigenvalue weighted by molar-refractivity contribution is 0.407. The van der Waals surface area contributed by atoms with Gasteiger partial charge in [-0.05, 0) is 65.9 Å². The van der Waals surface area contributed by atoms with Crippen LogP contribution in [0.3, 0.4) is 0 Å². The number of fused-ring (bicyclic) bond motifs is 1. The second kappa shape index (κ2) is 8.97. The van der Waals surface area contributed by atoms with Gasteiger partial charge < -0.3 is 4.74 Å². The van der Waals surface area contributed by atoms with Gasteiger partial charge in [0.1, 0.15) is 5.75 Å². The first-order valence-corrected chi connectivity index (χ1v) is 10.8. The number of aryl methyl sites for hydroxylation is 1. The van der Waals surface area contributed by atoms with Gasteiger partial charge in [0.15, 0.2) is 5.82 Å². The van der Waals surface area contributed by atoms with Crippen molar-refractivity contribution in [2.75, 3.05) is 7.11 Å². The largest absolute Gasteiger partial charge is 0.496 e. The van der Waals surface area contributed by atoms with Gasteiger partial charge in [-0.2, -0.15) is 9.78 Å². The molecular weight excluding hydrogens is 422 g/mol. The van der Waals surface area contributed by atoms with Crippen molar-refractivity contribution in [1.29, 1.82) is 0 Å². The third-order valence-corrected chi connectivity index (χ3v) is 5.60. The summed E-state index contributed by atoms with van der Waals surface area (Å²) >= 11 is 6.11. The number of nitrogens with zero attached hydrogens (tertiary/aromatic N) is 3. The van der Waals surface area contributed by atoms with Crippen molar-refractivity contribution in [3.8, 4) is 17.1 Å². The van der Waals surface area contributed by atoms with E-state index in [4.69, 9.17) is 21.3 Å². The molecule has 0 aliphatic carbocycles. The number of hydrogen-bond donors (Lipinski definition) is 0. The standard InChI is InChI=1S/C26H24ClN3O2/c1-16(2)21-14-22(17(3)12-24(21)32-4)25-29-23-11-6-5-10-20(23)26(31)30(25)28-15-18-8-7-9-19(27)13-18/h5-16H,1-4H3. The molecule has 32 heavy (non-hydrogen) atoms. The first-order valence-electron chi connectivity index (χ1n) is 10.4. The van der Waals surface area contributed by atoms with Crippen LogP contribution in [0.25, 0.3) is 22.3 Å². The second-order valence-electron chi connectivity index (χ2n) is 7.93. The van der Waals surface area contributed by atoms with E-state index in [-0.39, 0.29) is 11.5 Å². The zero-order valence-corrected chi connectivity index (χ0v) is 19.2. The van der Waals surface area contributed by atoms with Gasteiger partial charge in [-0.25, -0.2) is 4.98 Å². The van der Waals surface area contributed by atoms with Gasteiger partial charge in [0.05, 0.1) is 24.2 Å². The van der Waals surface area contributed by atoms with E-state index in [1.807, 2.05) is 49.4 Å². The van der Waals surface area contributed by atoms with Gasteiger partial charge in [-0.15, -0.1) is 0 Å². The Labute approximate surface area is 192 Å². The molecule has 4 rings (SSSR count). The minimum atomic E-state index is -0.231. The molecule has 0 unspecified atom stereocenters. The molecule has 5 nitrogen and oxygen atoms in total. The highest BCUT2D eigenvalue weighted by Crippen LogP contribution is 2.34. The fourth-order valence-corrected chi connectivity index (χ4v) is 3.88. The van der Waals surface area contributed by atoms with Crippen LogP contribution in [0, 0.1) is 6.92 Å². The van der Waals surface area contributed by atoms with Crippen LogP contribution in [0.15, 0.2) is 70.6 Å². The van der Waals surface area contributed by atoms with E-state index >= 15 is 0 Å². The zero-order valence-electron chi connectivity index (χ0n) is 18.5. The Bertz CT molecular complexity index is 1390. The molecule has 0 N–H and O–H groups in total. The third-order valence-electron chi connectivity index (χ3n) is 5.36. The van der Waals surface area contributed by atoms with Crippen LogP contribution in [0.4, 0.5) is 0 Å². The number of hydrogen-bond acceptors (Lipinski definition) is 4. The van der Waals surface area contributed by atoms with Gasteiger partial charge in [0.25, 0.3) is 5.56 Å². The van der Waals surface area contributed by atoms with Crippen molar-refractivity contribution in [3.05, 3.63) is 92.7 Å². The number of ether oxygens (including phenoxy) is 1. The summed E-state index contributed by atoms with van der Waals surface area (Å²) in [5, 5.41) is 5.64. The minimum Gasteiger partial charge on any atom is -0.496 e. The second-order valence-corrected chi connectivity index (χ2v) is 8.37. The van der Waals surface area contributed by atoms with E-state index in [1.54, 1.807) is 31.5 Å². The van der Waals surface area contributed by atoms with Crippen LogP contribution in [0.2, 0.25) is 5.02 Å². The molecule has 6 heteroatoms. The fraction of sp³-hybridized carbons (Fsp3) is 0.192. The zero-order chi connectivity index (χ0) is 22.8. The predicted molar refractivity (Wildman–Crippen MR) is 131 cm³/mol. The molecule has 1 aromatic heterocycles. The van der Waals surface area contributed by atoms with Crippen LogP contribution >= 0.6 is 11.6 Å². The van der Waals surface area contributed by atoms with Crippen LogP contribution < -0.4 is 10.3 Å². The fourth-order valence-electron chi connectivity index (χ4n) is 3.68. The molecule has 0 bridgehead atoms. The summed E-state index contributed by atoms with van der Waals surface area (Å²) in [6.07, 6.45) is 1.62. The Kier molecular flexibility index (Phi) is 6.10. The summed E-state index contributed by atoms with van der Waals surface area (Å²) in [5.74, 6) is 1.53. The molecule has 0 fully saturated rings. The molecule has 0 saturated heterocycles. The number of rotatable bonds is 5. The lowest BCUT2D eigenvalue weighted by atomic mass is 9.96. The van der Waals surface area contributed by atoms with E-state index in [1.165, 1.54) is 4.68 Å².